The van der Waals surface area contributed by atoms with Gasteiger partial charge < -0.3 is 9.09 Å². The number of nitrogens with zero attached hydrogens (tertiary/aromatic N) is 6. The van der Waals surface area contributed by atoms with Gasteiger partial charge >= 0.3 is 0 Å². The standard InChI is InChI=1S/C17H18N6O/c1-2-12(8-18-6-1)17-20-16(24-21-17)10-22-7-5-15-14(9-22)19-11-23(15)13-3-4-13/h1-2,6,8,11,13H,3-5,7,9-10H2. The van der Waals surface area contributed by atoms with E-state index in [9.17, 15) is 0 Å². The normalized spacial score (nSPS) is 17.8. The maximum absolute atomic E-state index is 5.41. The van der Waals surface area contributed by atoms with Gasteiger partial charge in [0.05, 0.1) is 18.6 Å². The molecule has 24 heavy (non-hydrogen) atoms. The molecular weight excluding hydrogens is 304 g/mol. The highest BCUT2D eigenvalue weighted by Gasteiger charge is 2.29. The van der Waals surface area contributed by atoms with E-state index in [0.717, 1.165) is 25.1 Å². The number of imidazole rings is 1. The van der Waals surface area contributed by atoms with E-state index in [4.69, 9.17) is 4.52 Å². The quantitative estimate of drug-likeness (QED) is 0.733. The molecule has 4 heterocycles. The molecule has 7 heteroatoms. The molecule has 0 bridgehead atoms. The Kier molecular flexibility index (Phi) is 3.19. The van der Waals surface area contributed by atoms with Gasteiger partial charge in [0, 0.05) is 49.2 Å². The summed E-state index contributed by atoms with van der Waals surface area (Å²) >= 11 is 0. The molecule has 3 aromatic heterocycles. The molecule has 1 aliphatic heterocycles. The molecule has 0 atom stereocenters. The van der Waals surface area contributed by atoms with Crippen molar-refractivity contribution in [1.82, 2.24) is 29.6 Å². The third-order valence-electron chi connectivity index (χ3n) is 4.71. The van der Waals surface area contributed by atoms with Crippen LogP contribution in [0.15, 0.2) is 35.4 Å². The van der Waals surface area contributed by atoms with E-state index in [1.807, 2.05) is 18.5 Å². The van der Waals surface area contributed by atoms with Crippen molar-refractivity contribution >= 4 is 0 Å². The molecule has 1 saturated carbocycles. The lowest BCUT2D eigenvalue weighted by Crippen LogP contribution is -2.31. The minimum atomic E-state index is 0.591. The third-order valence-corrected chi connectivity index (χ3v) is 4.71. The summed E-state index contributed by atoms with van der Waals surface area (Å²) in [6.07, 6.45) is 9.12. The summed E-state index contributed by atoms with van der Waals surface area (Å²) in [5.41, 5.74) is 3.48. The van der Waals surface area contributed by atoms with E-state index in [2.05, 4.69) is 29.6 Å². The first-order valence-corrected chi connectivity index (χ1v) is 8.37. The van der Waals surface area contributed by atoms with Gasteiger partial charge in [-0.05, 0) is 25.0 Å². The average molecular weight is 322 g/mol. The first-order valence-electron chi connectivity index (χ1n) is 8.37. The minimum Gasteiger partial charge on any atom is -0.338 e. The Morgan fingerprint density at radius 3 is 3.08 bits per heavy atom. The predicted octanol–water partition coefficient (Wildman–Crippen LogP) is 2.22. The molecule has 0 spiro atoms. The van der Waals surface area contributed by atoms with Crippen LogP contribution in [0.3, 0.4) is 0 Å². The fourth-order valence-electron chi connectivity index (χ4n) is 3.31. The van der Waals surface area contributed by atoms with Gasteiger partial charge in [-0.25, -0.2) is 4.98 Å². The molecule has 5 rings (SSSR count). The van der Waals surface area contributed by atoms with Crippen LogP contribution >= 0.6 is 0 Å². The van der Waals surface area contributed by atoms with E-state index in [1.54, 1.807) is 12.4 Å². The topological polar surface area (TPSA) is 72.9 Å². The number of aromatic nitrogens is 5. The second kappa shape index (κ2) is 5.52. The van der Waals surface area contributed by atoms with Crippen LogP contribution in [-0.2, 0) is 19.5 Å². The molecule has 0 radical (unpaired) electrons. The molecule has 0 unspecified atom stereocenters. The summed E-state index contributed by atoms with van der Waals surface area (Å²) in [5.74, 6) is 1.23. The number of rotatable bonds is 4. The SMILES string of the molecule is c1cncc(-c2noc(CN3CCc4c(ncn4C4CC4)C3)n2)c1. The molecular formula is C17H18N6O. The van der Waals surface area contributed by atoms with Gasteiger partial charge in [0.1, 0.15) is 0 Å². The highest BCUT2D eigenvalue weighted by atomic mass is 16.5. The largest absolute Gasteiger partial charge is 0.338 e. The number of fused-ring (bicyclic) bond motifs is 1. The highest BCUT2D eigenvalue weighted by molar-refractivity contribution is 5.51. The van der Waals surface area contributed by atoms with Crippen LogP contribution in [0.1, 0.15) is 36.2 Å². The first-order chi connectivity index (χ1) is 11.9. The fraction of sp³-hybridized carbons (Fsp3) is 0.412. The molecule has 0 amide bonds. The zero-order valence-electron chi connectivity index (χ0n) is 13.3. The summed E-state index contributed by atoms with van der Waals surface area (Å²) in [4.78, 5) is 15.5. The van der Waals surface area contributed by atoms with Gasteiger partial charge in [-0.15, -0.1) is 0 Å². The van der Waals surface area contributed by atoms with Crippen LogP contribution in [0.2, 0.25) is 0 Å². The Labute approximate surface area is 139 Å². The van der Waals surface area contributed by atoms with Crippen molar-refractivity contribution in [2.45, 2.75) is 38.4 Å². The number of hydrogen-bond acceptors (Lipinski definition) is 6. The van der Waals surface area contributed by atoms with Gasteiger partial charge in [-0.2, -0.15) is 4.98 Å². The van der Waals surface area contributed by atoms with Crippen molar-refractivity contribution in [3.8, 4) is 11.4 Å². The summed E-state index contributed by atoms with van der Waals surface area (Å²) in [5, 5.41) is 4.06. The van der Waals surface area contributed by atoms with Crippen molar-refractivity contribution in [3.63, 3.8) is 0 Å². The van der Waals surface area contributed by atoms with Gasteiger partial charge in [0.25, 0.3) is 0 Å². The van der Waals surface area contributed by atoms with Crippen molar-refractivity contribution in [2.75, 3.05) is 6.54 Å². The monoisotopic (exact) mass is 322 g/mol. The summed E-state index contributed by atoms with van der Waals surface area (Å²) in [7, 11) is 0. The summed E-state index contributed by atoms with van der Waals surface area (Å²) in [6, 6.07) is 4.50. The Morgan fingerprint density at radius 1 is 1.29 bits per heavy atom. The number of hydrogen-bond donors (Lipinski definition) is 0. The number of pyridine rings is 1. The van der Waals surface area contributed by atoms with Gasteiger partial charge in [-0.3, -0.25) is 9.88 Å². The molecule has 1 fully saturated rings. The molecule has 0 saturated heterocycles. The second-order valence-corrected chi connectivity index (χ2v) is 6.49. The average Bonchev–Trinajstić information content (AvgIpc) is 3.21. The van der Waals surface area contributed by atoms with Crippen LogP contribution in [0.5, 0.6) is 0 Å². The lowest BCUT2D eigenvalue weighted by atomic mass is 10.1. The van der Waals surface area contributed by atoms with Crippen LogP contribution < -0.4 is 0 Å². The van der Waals surface area contributed by atoms with E-state index in [-0.39, 0.29) is 0 Å². The molecule has 2 aliphatic rings. The van der Waals surface area contributed by atoms with Crippen molar-refractivity contribution in [2.24, 2.45) is 0 Å². The van der Waals surface area contributed by atoms with E-state index < -0.39 is 0 Å². The van der Waals surface area contributed by atoms with Crippen LogP contribution in [0, 0.1) is 0 Å². The van der Waals surface area contributed by atoms with Gasteiger partial charge in [0.2, 0.25) is 11.7 Å². The lowest BCUT2D eigenvalue weighted by Gasteiger charge is -2.25. The predicted molar refractivity (Wildman–Crippen MR) is 85.8 cm³/mol. The van der Waals surface area contributed by atoms with E-state index in [0.29, 0.717) is 24.3 Å². The first kappa shape index (κ1) is 13.9. The summed E-state index contributed by atoms with van der Waals surface area (Å²) in [6.45, 7) is 2.50. The van der Waals surface area contributed by atoms with Gasteiger partial charge in [-0.1, -0.05) is 5.16 Å². The highest BCUT2D eigenvalue weighted by Crippen LogP contribution is 2.37. The Morgan fingerprint density at radius 2 is 2.25 bits per heavy atom. The van der Waals surface area contributed by atoms with E-state index >= 15 is 0 Å². The van der Waals surface area contributed by atoms with Crippen LogP contribution in [-0.4, -0.2) is 36.1 Å². The van der Waals surface area contributed by atoms with Crippen molar-refractivity contribution in [3.05, 3.63) is 48.1 Å². The second-order valence-electron chi connectivity index (χ2n) is 6.49. The third kappa shape index (κ3) is 2.50. The Bertz CT molecular complexity index is 851. The van der Waals surface area contributed by atoms with Crippen LogP contribution in [0.4, 0.5) is 0 Å². The fourth-order valence-corrected chi connectivity index (χ4v) is 3.31. The zero-order valence-corrected chi connectivity index (χ0v) is 13.3. The lowest BCUT2D eigenvalue weighted by molar-refractivity contribution is 0.206. The molecule has 3 aromatic rings. The molecule has 122 valence electrons. The zero-order chi connectivity index (χ0) is 15.9. The minimum absolute atomic E-state index is 0.591. The van der Waals surface area contributed by atoms with Crippen LogP contribution in [0.25, 0.3) is 11.4 Å². The molecule has 0 aromatic carbocycles. The Hall–Kier alpha value is -2.54. The van der Waals surface area contributed by atoms with Crippen molar-refractivity contribution in [1.29, 1.82) is 0 Å². The molecule has 7 nitrogen and oxygen atoms in total. The maximum atomic E-state index is 5.41. The molecule has 1 aliphatic carbocycles. The van der Waals surface area contributed by atoms with E-state index in [1.165, 1.54) is 24.2 Å². The molecule has 0 N–H and O–H groups in total. The smallest absolute Gasteiger partial charge is 0.241 e. The van der Waals surface area contributed by atoms with Crippen molar-refractivity contribution < 1.29 is 4.52 Å². The van der Waals surface area contributed by atoms with Gasteiger partial charge in [0.15, 0.2) is 0 Å². The Balaban J connectivity index is 1.30. The maximum Gasteiger partial charge on any atom is 0.241 e. The summed E-state index contributed by atoms with van der Waals surface area (Å²) < 4.78 is 7.78.